The number of carbonyl (C=O) groups is 1. The third kappa shape index (κ3) is 3.50. The van der Waals surface area contributed by atoms with Crippen LogP contribution in [0.3, 0.4) is 0 Å². The number of hydrogen-bond acceptors (Lipinski definition) is 2. The summed E-state index contributed by atoms with van der Waals surface area (Å²) >= 11 is 0. The Morgan fingerprint density at radius 2 is 1.90 bits per heavy atom. The SMILES string of the molecule is CN1CCCN(C(=O)c2cccc(C(F)(F)F)c2)CC1. The van der Waals surface area contributed by atoms with Crippen molar-refractivity contribution >= 4 is 5.91 Å². The number of alkyl halides is 3. The van der Waals surface area contributed by atoms with Crippen LogP contribution in [0.2, 0.25) is 0 Å². The van der Waals surface area contributed by atoms with Crippen LogP contribution in [0.25, 0.3) is 0 Å². The molecule has 0 N–H and O–H groups in total. The summed E-state index contributed by atoms with van der Waals surface area (Å²) in [6, 6.07) is 4.62. The van der Waals surface area contributed by atoms with Gasteiger partial charge in [0.2, 0.25) is 0 Å². The third-order valence-corrected chi connectivity index (χ3v) is 3.44. The fourth-order valence-electron chi connectivity index (χ4n) is 2.26. The van der Waals surface area contributed by atoms with E-state index in [4.69, 9.17) is 0 Å². The van der Waals surface area contributed by atoms with Crippen molar-refractivity contribution in [2.75, 3.05) is 33.2 Å². The highest BCUT2D eigenvalue weighted by Crippen LogP contribution is 2.29. The van der Waals surface area contributed by atoms with E-state index in [1.54, 1.807) is 4.90 Å². The number of amides is 1. The number of carbonyl (C=O) groups excluding carboxylic acids is 1. The van der Waals surface area contributed by atoms with E-state index in [1.807, 2.05) is 7.05 Å². The number of halogens is 3. The second-order valence-corrected chi connectivity index (χ2v) is 5.03. The van der Waals surface area contributed by atoms with E-state index in [0.717, 1.165) is 31.6 Å². The molecule has 0 saturated carbocycles. The molecule has 1 amide bonds. The van der Waals surface area contributed by atoms with E-state index < -0.39 is 11.7 Å². The quantitative estimate of drug-likeness (QED) is 0.792. The first-order chi connectivity index (χ1) is 9.38. The van der Waals surface area contributed by atoms with Crippen molar-refractivity contribution in [3.8, 4) is 0 Å². The zero-order valence-electron chi connectivity index (χ0n) is 11.3. The molecule has 1 heterocycles. The maximum absolute atomic E-state index is 12.7. The van der Waals surface area contributed by atoms with Crippen LogP contribution in [0.15, 0.2) is 24.3 Å². The molecule has 0 aliphatic carbocycles. The molecular formula is C14H17F3N2O. The third-order valence-electron chi connectivity index (χ3n) is 3.44. The van der Waals surface area contributed by atoms with Crippen LogP contribution in [0, 0.1) is 0 Å². The summed E-state index contributed by atoms with van der Waals surface area (Å²) in [5, 5.41) is 0. The average Bonchev–Trinajstić information content (AvgIpc) is 2.62. The van der Waals surface area contributed by atoms with Crippen molar-refractivity contribution in [2.24, 2.45) is 0 Å². The molecule has 1 aliphatic rings. The van der Waals surface area contributed by atoms with Gasteiger partial charge in [-0.1, -0.05) is 6.07 Å². The highest BCUT2D eigenvalue weighted by Gasteiger charge is 2.31. The Labute approximate surface area is 116 Å². The molecule has 0 atom stereocenters. The first-order valence-electron chi connectivity index (χ1n) is 6.53. The lowest BCUT2D eigenvalue weighted by atomic mass is 10.1. The predicted molar refractivity (Wildman–Crippen MR) is 69.5 cm³/mol. The highest BCUT2D eigenvalue weighted by molar-refractivity contribution is 5.94. The first-order valence-corrected chi connectivity index (χ1v) is 6.53. The molecule has 0 radical (unpaired) electrons. The van der Waals surface area contributed by atoms with E-state index >= 15 is 0 Å². The molecule has 0 unspecified atom stereocenters. The Bertz CT molecular complexity index is 488. The van der Waals surface area contributed by atoms with Gasteiger partial charge in [-0.15, -0.1) is 0 Å². The zero-order valence-corrected chi connectivity index (χ0v) is 11.3. The Morgan fingerprint density at radius 3 is 2.60 bits per heavy atom. The Hall–Kier alpha value is -1.56. The molecule has 110 valence electrons. The fourth-order valence-corrected chi connectivity index (χ4v) is 2.26. The molecular weight excluding hydrogens is 269 g/mol. The van der Waals surface area contributed by atoms with Crippen LogP contribution in [-0.4, -0.2) is 48.9 Å². The molecule has 20 heavy (non-hydrogen) atoms. The molecule has 1 saturated heterocycles. The predicted octanol–water partition coefficient (Wildman–Crippen LogP) is 2.48. The van der Waals surface area contributed by atoms with Gasteiger partial charge >= 0.3 is 6.18 Å². The molecule has 1 aromatic carbocycles. The summed E-state index contributed by atoms with van der Waals surface area (Å²) in [4.78, 5) is 16.0. The lowest BCUT2D eigenvalue weighted by Crippen LogP contribution is -2.34. The van der Waals surface area contributed by atoms with Crippen molar-refractivity contribution in [1.29, 1.82) is 0 Å². The average molecular weight is 286 g/mol. The molecule has 0 aromatic heterocycles. The molecule has 0 bridgehead atoms. The standard InChI is InChI=1S/C14H17F3N2O/c1-18-6-3-7-19(9-8-18)13(20)11-4-2-5-12(10-11)14(15,16)17/h2,4-5,10H,3,6-9H2,1H3. The van der Waals surface area contributed by atoms with E-state index in [9.17, 15) is 18.0 Å². The number of nitrogens with zero attached hydrogens (tertiary/aromatic N) is 2. The van der Waals surface area contributed by atoms with Crippen molar-refractivity contribution < 1.29 is 18.0 Å². The van der Waals surface area contributed by atoms with Gasteiger partial charge in [0.1, 0.15) is 0 Å². The molecule has 2 rings (SSSR count). The number of likely N-dealkylation sites (N-methyl/N-ethyl adjacent to an activating group) is 1. The van der Waals surface area contributed by atoms with Gasteiger partial charge in [0.05, 0.1) is 5.56 Å². The summed E-state index contributed by atoms with van der Waals surface area (Å²) in [6.07, 6.45) is -3.59. The number of hydrogen-bond donors (Lipinski definition) is 0. The summed E-state index contributed by atoms with van der Waals surface area (Å²) in [5.41, 5.74) is -0.681. The van der Waals surface area contributed by atoms with Crippen LogP contribution in [0.4, 0.5) is 13.2 Å². The van der Waals surface area contributed by atoms with Crippen molar-refractivity contribution in [2.45, 2.75) is 12.6 Å². The van der Waals surface area contributed by atoms with Gasteiger partial charge in [0.25, 0.3) is 5.91 Å². The first kappa shape index (κ1) is 14.8. The monoisotopic (exact) mass is 286 g/mol. The molecule has 6 heteroatoms. The minimum absolute atomic E-state index is 0.101. The van der Waals surface area contributed by atoms with Gasteiger partial charge < -0.3 is 9.80 Å². The molecule has 1 fully saturated rings. The normalized spacial score (nSPS) is 17.9. The van der Waals surface area contributed by atoms with Crippen molar-refractivity contribution in [1.82, 2.24) is 9.80 Å². The van der Waals surface area contributed by atoms with E-state index in [1.165, 1.54) is 12.1 Å². The number of rotatable bonds is 1. The van der Waals surface area contributed by atoms with Gasteiger partial charge in [-0.25, -0.2) is 0 Å². The van der Waals surface area contributed by atoms with Gasteiger partial charge in [0.15, 0.2) is 0 Å². The molecule has 1 aromatic rings. The molecule has 0 spiro atoms. The summed E-state index contributed by atoms with van der Waals surface area (Å²) in [6.45, 7) is 2.77. The maximum Gasteiger partial charge on any atom is 0.416 e. The van der Waals surface area contributed by atoms with Crippen molar-refractivity contribution in [3.05, 3.63) is 35.4 Å². The molecule has 3 nitrogen and oxygen atoms in total. The Balaban J connectivity index is 2.16. The zero-order chi connectivity index (χ0) is 14.8. The van der Waals surface area contributed by atoms with Crippen LogP contribution >= 0.6 is 0 Å². The van der Waals surface area contributed by atoms with Crippen LogP contribution in [0.5, 0.6) is 0 Å². The topological polar surface area (TPSA) is 23.6 Å². The van der Waals surface area contributed by atoms with Gasteiger partial charge in [0, 0.05) is 25.2 Å². The van der Waals surface area contributed by atoms with Crippen LogP contribution in [0.1, 0.15) is 22.3 Å². The second-order valence-electron chi connectivity index (χ2n) is 5.03. The minimum atomic E-state index is -4.42. The van der Waals surface area contributed by atoms with Gasteiger partial charge in [-0.3, -0.25) is 4.79 Å². The Kier molecular flexibility index (Phi) is 4.32. The number of benzene rings is 1. The van der Waals surface area contributed by atoms with Crippen LogP contribution in [-0.2, 0) is 6.18 Å². The van der Waals surface area contributed by atoms with Gasteiger partial charge in [-0.05, 0) is 38.2 Å². The lowest BCUT2D eigenvalue weighted by molar-refractivity contribution is -0.137. The summed E-state index contributed by atoms with van der Waals surface area (Å²) in [5.74, 6) is -0.327. The fraction of sp³-hybridized carbons (Fsp3) is 0.500. The second kappa shape index (κ2) is 5.83. The Morgan fingerprint density at radius 1 is 1.15 bits per heavy atom. The minimum Gasteiger partial charge on any atom is -0.337 e. The van der Waals surface area contributed by atoms with Crippen molar-refractivity contribution in [3.63, 3.8) is 0 Å². The molecule has 1 aliphatic heterocycles. The van der Waals surface area contributed by atoms with Crippen LogP contribution < -0.4 is 0 Å². The van der Waals surface area contributed by atoms with Gasteiger partial charge in [-0.2, -0.15) is 13.2 Å². The maximum atomic E-state index is 12.7. The summed E-state index contributed by atoms with van der Waals surface area (Å²) in [7, 11) is 1.97. The van der Waals surface area contributed by atoms with E-state index in [-0.39, 0.29) is 11.5 Å². The highest BCUT2D eigenvalue weighted by atomic mass is 19.4. The lowest BCUT2D eigenvalue weighted by Gasteiger charge is -2.21. The smallest absolute Gasteiger partial charge is 0.337 e. The van der Waals surface area contributed by atoms with E-state index in [0.29, 0.717) is 13.1 Å². The van der Waals surface area contributed by atoms with E-state index in [2.05, 4.69) is 4.90 Å². The largest absolute Gasteiger partial charge is 0.416 e. The summed E-state index contributed by atoms with van der Waals surface area (Å²) < 4.78 is 38.0.